The molecule has 1 fully saturated rings. The van der Waals surface area contributed by atoms with E-state index in [0.29, 0.717) is 17.3 Å². The molecule has 2 heterocycles. The zero-order valence-corrected chi connectivity index (χ0v) is 13.0. The standard InChI is InChI=1S/C16H19FN4O2/c1-11-19-16(23-20-11)13-6-7-21(9-13)10-15(22)18-8-12-4-2-3-5-14(12)17/h2-5,13H,6-10H2,1H3,(H,18,22). The van der Waals surface area contributed by atoms with Gasteiger partial charge in [0.05, 0.1) is 12.5 Å². The van der Waals surface area contributed by atoms with Crippen LogP contribution < -0.4 is 5.32 Å². The van der Waals surface area contributed by atoms with E-state index in [0.717, 1.165) is 19.5 Å². The van der Waals surface area contributed by atoms with Crippen molar-refractivity contribution < 1.29 is 13.7 Å². The Morgan fingerprint density at radius 2 is 2.30 bits per heavy atom. The number of amides is 1. The highest BCUT2D eigenvalue weighted by Gasteiger charge is 2.29. The second-order valence-electron chi connectivity index (χ2n) is 5.77. The van der Waals surface area contributed by atoms with Crippen molar-refractivity contribution in [2.45, 2.75) is 25.8 Å². The molecule has 0 aliphatic carbocycles. The highest BCUT2D eigenvalue weighted by Crippen LogP contribution is 2.25. The Morgan fingerprint density at radius 3 is 3.04 bits per heavy atom. The van der Waals surface area contributed by atoms with Crippen LogP contribution >= 0.6 is 0 Å². The zero-order valence-electron chi connectivity index (χ0n) is 13.0. The lowest BCUT2D eigenvalue weighted by Crippen LogP contribution is -2.35. The van der Waals surface area contributed by atoms with Gasteiger partial charge in [0, 0.05) is 18.7 Å². The summed E-state index contributed by atoms with van der Waals surface area (Å²) in [4.78, 5) is 18.3. The molecule has 3 rings (SSSR count). The van der Waals surface area contributed by atoms with Gasteiger partial charge in [-0.3, -0.25) is 9.69 Å². The van der Waals surface area contributed by atoms with Gasteiger partial charge in [0.15, 0.2) is 5.82 Å². The average Bonchev–Trinajstić information content (AvgIpc) is 3.15. The summed E-state index contributed by atoms with van der Waals surface area (Å²) in [6.07, 6.45) is 0.891. The van der Waals surface area contributed by atoms with Crippen LogP contribution in [0, 0.1) is 12.7 Å². The fourth-order valence-electron chi connectivity index (χ4n) is 2.75. The van der Waals surface area contributed by atoms with E-state index in [9.17, 15) is 9.18 Å². The summed E-state index contributed by atoms with van der Waals surface area (Å²) in [5, 5.41) is 6.55. The van der Waals surface area contributed by atoms with Crippen molar-refractivity contribution in [1.29, 1.82) is 0 Å². The Labute approximate surface area is 133 Å². The molecular formula is C16H19FN4O2. The Hall–Kier alpha value is -2.28. The lowest BCUT2D eigenvalue weighted by atomic mass is 10.1. The Morgan fingerprint density at radius 1 is 1.48 bits per heavy atom. The summed E-state index contributed by atoms with van der Waals surface area (Å²) >= 11 is 0. The summed E-state index contributed by atoms with van der Waals surface area (Å²) in [5.41, 5.74) is 0.487. The largest absolute Gasteiger partial charge is 0.351 e. The molecule has 0 saturated carbocycles. The first-order valence-electron chi connectivity index (χ1n) is 7.64. The summed E-state index contributed by atoms with van der Waals surface area (Å²) in [5.74, 6) is 1.02. The van der Waals surface area contributed by atoms with E-state index in [1.807, 2.05) is 4.90 Å². The number of halogens is 1. The van der Waals surface area contributed by atoms with E-state index in [4.69, 9.17) is 4.52 Å². The monoisotopic (exact) mass is 318 g/mol. The summed E-state index contributed by atoms with van der Waals surface area (Å²) in [6, 6.07) is 6.44. The SMILES string of the molecule is Cc1noc(C2CCN(CC(=O)NCc3ccccc3F)C2)n1. The molecule has 0 bridgehead atoms. The van der Waals surface area contributed by atoms with Crippen LogP contribution in [0.5, 0.6) is 0 Å². The number of hydrogen-bond acceptors (Lipinski definition) is 5. The van der Waals surface area contributed by atoms with Crippen LogP contribution in [-0.4, -0.2) is 40.6 Å². The van der Waals surface area contributed by atoms with Gasteiger partial charge in [0.1, 0.15) is 5.82 Å². The summed E-state index contributed by atoms with van der Waals surface area (Å²) in [7, 11) is 0. The molecule has 0 spiro atoms. The van der Waals surface area contributed by atoms with E-state index < -0.39 is 0 Å². The molecule has 7 heteroatoms. The van der Waals surface area contributed by atoms with E-state index in [1.165, 1.54) is 6.07 Å². The molecule has 23 heavy (non-hydrogen) atoms. The van der Waals surface area contributed by atoms with Gasteiger partial charge in [-0.05, 0) is 26.0 Å². The van der Waals surface area contributed by atoms with Crippen LogP contribution in [0.25, 0.3) is 0 Å². The molecule has 122 valence electrons. The van der Waals surface area contributed by atoms with Crippen LogP contribution in [0.2, 0.25) is 0 Å². The van der Waals surface area contributed by atoms with Crippen molar-refractivity contribution in [3.63, 3.8) is 0 Å². The molecule has 1 atom stereocenters. The quantitative estimate of drug-likeness (QED) is 0.907. The smallest absolute Gasteiger partial charge is 0.234 e. The van der Waals surface area contributed by atoms with Gasteiger partial charge < -0.3 is 9.84 Å². The topological polar surface area (TPSA) is 71.3 Å². The first-order valence-corrected chi connectivity index (χ1v) is 7.64. The third-order valence-electron chi connectivity index (χ3n) is 3.97. The number of nitrogens with zero attached hydrogens (tertiary/aromatic N) is 3. The molecule has 1 aliphatic heterocycles. The minimum Gasteiger partial charge on any atom is -0.351 e. The number of carbonyl (C=O) groups is 1. The van der Waals surface area contributed by atoms with E-state index in [1.54, 1.807) is 25.1 Å². The second kappa shape index (κ2) is 6.87. The van der Waals surface area contributed by atoms with Crippen molar-refractivity contribution in [3.8, 4) is 0 Å². The first-order chi connectivity index (χ1) is 11.1. The summed E-state index contributed by atoms with van der Waals surface area (Å²) in [6.45, 7) is 3.80. The number of likely N-dealkylation sites (tertiary alicyclic amines) is 1. The molecule has 1 saturated heterocycles. The van der Waals surface area contributed by atoms with Crippen molar-refractivity contribution in [3.05, 3.63) is 47.4 Å². The molecule has 0 radical (unpaired) electrons. The molecule has 1 aromatic heterocycles. The molecule has 1 amide bonds. The highest BCUT2D eigenvalue weighted by atomic mass is 19.1. The average molecular weight is 318 g/mol. The normalized spacial score (nSPS) is 18.3. The fraction of sp³-hybridized carbons (Fsp3) is 0.438. The second-order valence-corrected chi connectivity index (χ2v) is 5.77. The third-order valence-corrected chi connectivity index (χ3v) is 3.97. The van der Waals surface area contributed by atoms with E-state index in [2.05, 4.69) is 15.5 Å². The first kappa shape index (κ1) is 15.6. The van der Waals surface area contributed by atoms with Crippen molar-refractivity contribution in [2.75, 3.05) is 19.6 Å². The number of nitrogens with one attached hydrogen (secondary N) is 1. The Balaban J connectivity index is 1.46. The molecule has 1 aromatic carbocycles. The Bertz CT molecular complexity index is 688. The van der Waals surface area contributed by atoms with E-state index in [-0.39, 0.29) is 30.7 Å². The maximum Gasteiger partial charge on any atom is 0.234 e. The number of carbonyl (C=O) groups excluding carboxylic acids is 1. The molecule has 1 aliphatic rings. The predicted molar refractivity (Wildman–Crippen MR) is 81.1 cm³/mol. The van der Waals surface area contributed by atoms with Crippen LogP contribution in [0.3, 0.4) is 0 Å². The highest BCUT2D eigenvalue weighted by molar-refractivity contribution is 5.78. The third kappa shape index (κ3) is 3.92. The molecule has 2 aromatic rings. The van der Waals surface area contributed by atoms with Gasteiger partial charge in [0.2, 0.25) is 11.8 Å². The number of hydrogen-bond donors (Lipinski definition) is 1. The van der Waals surface area contributed by atoms with Crippen molar-refractivity contribution in [1.82, 2.24) is 20.4 Å². The number of aromatic nitrogens is 2. The van der Waals surface area contributed by atoms with Crippen LogP contribution in [0.15, 0.2) is 28.8 Å². The van der Waals surface area contributed by atoms with Crippen LogP contribution in [-0.2, 0) is 11.3 Å². The number of rotatable bonds is 5. The van der Waals surface area contributed by atoms with Gasteiger partial charge in [0.25, 0.3) is 0 Å². The van der Waals surface area contributed by atoms with Crippen molar-refractivity contribution >= 4 is 5.91 Å². The minimum absolute atomic E-state index is 0.115. The van der Waals surface area contributed by atoms with Crippen LogP contribution in [0.1, 0.15) is 29.6 Å². The van der Waals surface area contributed by atoms with E-state index >= 15 is 0 Å². The summed E-state index contributed by atoms with van der Waals surface area (Å²) < 4.78 is 18.7. The van der Waals surface area contributed by atoms with Gasteiger partial charge >= 0.3 is 0 Å². The van der Waals surface area contributed by atoms with Gasteiger partial charge in [-0.1, -0.05) is 23.4 Å². The predicted octanol–water partition coefficient (Wildman–Crippen LogP) is 1.62. The van der Waals surface area contributed by atoms with Crippen molar-refractivity contribution in [2.24, 2.45) is 0 Å². The minimum atomic E-state index is -0.305. The maximum absolute atomic E-state index is 13.5. The lowest BCUT2D eigenvalue weighted by Gasteiger charge is -2.15. The van der Waals surface area contributed by atoms with Gasteiger partial charge in [-0.2, -0.15) is 4.98 Å². The fourth-order valence-corrected chi connectivity index (χ4v) is 2.75. The Kier molecular flexibility index (Phi) is 4.66. The number of aryl methyl sites for hydroxylation is 1. The van der Waals surface area contributed by atoms with Gasteiger partial charge in [-0.25, -0.2) is 4.39 Å². The molecular weight excluding hydrogens is 299 g/mol. The molecule has 1 unspecified atom stereocenters. The number of benzene rings is 1. The maximum atomic E-state index is 13.5. The molecule has 6 nitrogen and oxygen atoms in total. The molecule has 1 N–H and O–H groups in total. The van der Waals surface area contributed by atoms with Crippen LogP contribution in [0.4, 0.5) is 4.39 Å². The van der Waals surface area contributed by atoms with Gasteiger partial charge in [-0.15, -0.1) is 0 Å². The lowest BCUT2D eigenvalue weighted by molar-refractivity contribution is -0.122. The zero-order chi connectivity index (χ0) is 16.2.